The van der Waals surface area contributed by atoms with Crippen molar-refractivity contribution in [3.8, 4) is 5.75 Å². The molecule has 184 valence electrons. The molecule has 6 heteroatoms. The fourth-order valence-electron chi connectivity index (χ4n) is 3.86. The molecule has 0 fully saturated rings. The monoisotopic (exact) mass is 492 g/mol. The van der Waals surface area contributed by atoms with Gasteiger partial charge in [-0.05, 0) is 55.2 Å². The minimum Gasteiger partial charge on any atom is -0.484 e. The number of carbonyl (C=O) groups is 2. The highest BCUT2D eigenvalue weighted by Crippen LogP contribution is 2.22. The highest BCUT2D eigenvalue weighted by molar-refractivity contribution is 6.31. The van der Waals surface area contributed by atoms with E-state index in [9.17, 15) is 9.59 Å². The predicted octanol–water partition coefficient (Wildman–Crippen LogP) is 5.50. The average molecular weight is 493 g/mol. The van der Waals surface area contributed by atoms with Gasteiger partial charge in [0.25, 0.3) is 5.91 Å². The quantitative estimate of drug-likeness (QED) is 0.384. The smallest absolute Gasteiger partial charge is 0.261 e. The molecule has 2 amide bonds. The van der Waals surface area contributed by atoms with Crippen molar-refractivity contribution in [1.29, 1.82) is 0 Å². The first-order chi connectivity index (χ1) is 16.9. The molecule has 0 aliphatic heterocycles. The van der Waals surface area contributed by atoms with Crippen LogP contribution in [0.25, 0.3) is 0 Å². The summed E-state index contributed by atoms with van der Waals surface area (Å²) < 4.78 is 5.83. The van der Waals surface area contributed by atoms with Crippen LogP contribution in [0.4, 0.5) is 0 Å². The van der Waals surface area contributed by atoms with Gasteiger partial charge in [0, 0.05) is 24.5 Å². The minimum atomic E-state index is -0.674. The van der Waals surface area contributed by atoms with Gasteiger partial charge >= 0.3 is 0 Å². The van der Waals surface area contributed by atoms with Crippen molar-refractivity contribution >= 4 is 23.4 Å². The Bertz CT molecular complexity index is 1130. The lowest BCUT2D eigenvalue weighted by Gasteiger charge is -2.31. The molecule has 0 aliphatic carbocycles. The molecule has 1 atom stereocenters. The second-order valence-corrected chi connectivity index (χ2v) is 9.11. The van der Waals surface area contributed by atoms with Gasteiger partial charge in [0.2, 0.25) is 5.91 Å². The second-order valence-electron chi connectivity index (χ2n) is 8.71. The lowest BCUT2D eigenvalue weighted by molar-refractivity contribution is -0.142. The van der Waals surface area contributed by atoms with Crippen LogP contribution in [-0.2, 0) is 22.6 Å². The van der Waals surface area contributed by atoms with Crippen molar-refractivity contribution in [3.63, 3.8) is 0 Å². The zero-order valence-corrected chi connectivity index (χ0v) is 21.3. The van der Waals surface area contributed by atoms with E-state index in [1.807, 2.05) is 75.4 Å². The van der Waals surface area contributed by atoms with E-state index in [0.717, 1.165) is 28.7 Å². The number of ether oxygens (including phenoxy) is 1. The van der Waals surface area contributed by atoms with Crippen LogP contribution in [0.3, 0.4) is 0 Å². The molecule has 35 heavy (non-hydrogen) atoms. The van der Waals surface area contributed by atoms with Crippen molar-refractivity contribution in [1.82, 2.24) is 10.2 Å². The summed E-state index contributed by atoms with van der Waals surface area (Å²) in [5.41, 5.74) is 3.91. The Morgan fingerprint density at radius 2 is 1.71 bits per heavy atom. The molecule has 0 unspecified atom stereocenters. The Morgan fingerprint density at radius 3 is 2.40 bits per heavy atom. The molecule has 0 radical (unpaired) electrons. The summed E-state index contributed by atoms with van der Waals surface area (Å²) in [6, 6.07) is 22.4. The Hall–Kier alpha value is -3.31. The van der Waals surface area contributed by atoms with Crippen molar-refractivity contribution in [3.05, 3.63) is 100 Å². The number of hydrogen-bond donors (Lipinski definition) is 1. The summed E-state index contributed by atoms with van der Waals surface area (Å²) in [4.78, 5) is 28.5. The summed E-state index contributed by atoms with van der Waals surface area (Å²) in [5.74, 6) is 0.136. The molecule has 3 aromatic rings. The number of amides is 2. The lowest BCUT2D eigenvalue weighted by Crippen LogP contribution is -2.51. The fraction of sp³-hybridized carbons (Fsp3) is 0.310. The molecule has 0 saturated carbocycles. The first kappa shape index (κ1) is 26.3. The maximum atomic E-state index is 13.6. The van der Waals surface area contributed by atoms with Crippen LogP contribution >= 0.6 is 11.6 Å². The summed E-state index contributed by atoms with van der Waals surface area (Å²) in [6.45, 7) is 6.58. The van der Waals surface area contributed by atoms with E-state index in [4.69, 9.17) is 16.3 Å². The molecule has 0 saturated heterocycles. The summed E-state index contributed by atoms with van der Waals surface area (Å²) >= 11 is 6.12. The van der Waals surface area contributed by atoms with Gasteiger partial charge < -0.3 is 15.0 Å². The highest BCUT2D eigenvalue weighted by Gasteiger charge is 2.30. The van der Waals surface area contributed by atoms with Crippen LogP contribution in [-0.4, -0.2) is 35.9 Å². The van der Waals surface area contributed by atoms with Crippen LogP contribution in [0.15, 0.2) is 72.8 Å². The zero-order valence-electron chi connectivity index (χ0n) is 20.6. The van der Waals surface area contributed by atoms with Gasteiger partial charge in [-0.15, -0.1) is 0 Å². The number of nitrogens with zero attached hydrogens (tertiary/aromatic N) is 1. The normalized spacial score (nSPS) is 11.5. The van der Waals surface area contributed by atoms with Crippen LogP contribution in [0.1, 0.15) is 35.6 Å². The van der Waals surface area contributed by atoms with E-state index in [0.29, 0.717) is 30.3 Å². The maximum absolute atomic E-state index is 13.6. The molecule has 0 spiro atoms. The van der Waals surface area contributed by atoms with Crippen molar-refractivity contribution in [2.75, 3.05) is 13.2 Å². The fourth-order valence-corrected chi connectivity index (χ4v) is 3.98. The molecular formula is C29H33ClN2O3. The van der Waals surface area contributed by atoms with Crippen molar-refractivity contribution < 1.29 is 14.3 Å². The second kappa shape index (κ2) is 13.0. The maximum Gasteiger partial charge on any atom is 0.261 e. The number of hydrogen-bond acceptors (Lipinski definition) is 3. The van der Waals surface area contributed by atoms with E-state index < -0.39 is 6.04 Å². The van der Waals surface area contributed by atoms with E-state index in [2.05, 4.69) is 5.32 Å². The first-order valence-electron chi connectivity index (χ1n) is 11.9. The summed E-state index contributed by atoms with van der Waals surface area (Å²) in [7, 11) is 0. The van der Waals surface area contributed by atoms with Crippen molar-refractivity contribution in [2.24, 2.45) is 0 Å². The number of carbonyl (C=O) groups excluding carboxylic acids is 2. The van der Waals surface area contributed by atoms with Crippen LogP contribution in [0.5, 0.6) is 5.75 Å². The Kier molecular flexibility index (Phi) is 9.74. The van der Waals surface area contributed by atoms with Gasteiger partial charge in [-0.1, -0.05) is 78.7 Å². The van der Waals surface area contributed by atoms with Crippen LogP contribution in [0.2, 0.25) is 5.02 Å². The number of halogens is 1. The van der Waals surface area contributed by atoms with Gasteiger partial charge in [0.05, 0.1) is 0 Å². The molecule has 5 nitrogen and oxygen atoms in total. The van der Waals surface area contributed by atoms with Crippen molar-refractivity contribution in [2.45, 2.75) is 46.2 Å². The SMILES string of the molecule is CCCNC(=O)[C@H](Cc1ccccc1)N(Cc1cccc(C)c1)C(=O)COc1ccc(Cl)c(C)c1. The van der Waals surface area contributed by atoms with E-state index >= 15 is 0 Å². The van der Waals surface area contributed by atoms with Gasteiger partial charge in [0.1, 0.15) is 11.8 Å². The van der Waals surface area contributed by atoms with E-state index in [-0.39, 0.29) is 18.4 Å². The van der Waals surface area contributed by atoms with Crippen LogP contribution in [0, 0.1) is 13.8 Å². The van der Waals surface area contributed by atoms with Gasteiger partial charge in [-0.25, -0.2) is 0 Å². The molecular weight excluding hydrogens is 460 g/mol. The molecule has 3 rings (SSSR count). The average Bonchev–Trinajstić information content (AvgIpc) is 2.86. The van der Waals surface area contributed by atoms with Gasteiger partial charge in [-0.3, -0.25) is 9.59 Å². The summed E-state index contributed by atoms with van der Waals surface area (Å²) in [5, 5.41) is 3.62. The third-order valence-corrected chi connectivity index (χ3v) is 6.17. The standard InChI is InChI=1S/C29H33ClN2O3/c1-4-15-31-29(34)27(18-23-10-6-5-7-11-23)32(19-24-12-8-9-21(2)16-24)28(33)20-35-25-13-14-26(30)22(3)17-25/h5-14,16-17,27H,4,15,18-20H2,1-3H3,(H,31,34)/t27-/m0/s1. The topological polar surface area (TPSA) is 58.6 Å². The number of rotatable bonds is 11. The molecule has 3 aromatic carbocycles. The van der Waals surface area contributed by atoms with Gasteiger partial charge in [0.15, 0.2) is 6.61 Å². The first-order valence-corrected chi connectivity index (χ1v) is 12.3. The van der Waals surface area contributed by atoms with E-state index in [1.54, 1.807) is 23.1 Å². The number of aryl methyl sites for hydroxylation is 2. The number of nitrogens with one attached hydrogen (secondary N) is 1. The van der Waals surface area contributed by atoms with Gasteiger partial charge in [-0.2, -0.15) is 0 Å². The molecule has 0 aliphatic rings. The molecule has 0 aromatic heterocycles. The highest BCUT2D eigenvalue weighted by atomic mass is 35.5. The largest absolute Gasteiger partial charge is 0.484 e. The predicted molar refractivity (Wildman–Crippen MR) is 141 cm³/mol. The molecule has 0 bridgehead atoms. The zero-order chi connectivity index (χ0) is 25.2. The summed E-state index contributed by atoms with van der Waals surface area (Å²) in [6.07, 6.45) is 1.22. The third kappa shape index (κ3) is 7.86. The molecule has 0 heterocycles. The molecule has 1 N–H and O–H groups in total. The Balaban J connectivity index is 1.89. The third-order valence-electron chi connectivity index (χ3n) is 5.75. The Morgan fingerprint density at radius 1 is 0.971 bits per heavy atom. The minimum absolute atomic E-state index is 0.168. The van der Waals surface area contributed by atoms with Crippen LogP contribution < -0.4 is 10.1 Å². The van der Waals surface area contributed by atoms with E-state index in [1.165, 1.54) is 0 Å². The number of benzene rings is 3. The Labute approximate surface area is 213 Å². The lowest BCUT2D eigenvalue weighted by atomic mass is 10.0.